The SMILES string of the molecule is CCN(Cc1ccc(OC)cc1)C(=O)c1cccc(OCc2cccs2)c1. The van der Waals surface area contributed by atoms with Gasteiger partial charge in [0.25, 0.3) is 5.91 Å². The normalized spacial score (nSPS) is 10.4. The molecule has 0 aliphatic carbocycles. The first-order valence-electron chi connectivity index (χ1n) is 8.87. The van der Waals surface area contributed by atoms with E-state index in [2.05, 4.69) is 0 Å². The van der Waals surface area contributed by atoms with Crippen LogP contribution < -0.4 is 9.47 Å². The molecule has 0 radical (unpaired) electrons. The molecule has 3 rings (SSSR count). The fourth-order valence-electron chi connectivity index (χ4n) is 2.73. The molecule has 0 saturated carbocycles. The molecular formula is C22H23NO3S. The van der Waals surface area contributed by atoms with Gasteiger partial charge in [-0.05, 0) is 54.3 Å². The Morgan fingerprint density at radius 1 is 1.04 bits per heavy atom. The molecule has 1 aromatic heterocycles. The van der Waals surface area contributed by atoms with Crippen molar-refractivity contribution in [3.05, 3.63) is 82.0 Å². The highest BCUT2D eigenvalue weighted by Crippen LogP contribution is 2.19. The zero-order valence-corrected chi connectivity index (χ0v) is 16.4. The Hall–Kier alpha value is -2.79. The Morgan fingerprint density at radius 3 is 2.52 bits per heavy atom. The molecule has 0 spiro atoms. The van der Waals surface area contributed by atoms with Crippen LogP contribution in [0.3, 0.4) is 0 Å². The number of rotatable bonds is 8. The molecule has 0 N–H and O–H groups in total. The van der Waals surface area contributed by atoms with Gasteiger partial charge in [0.1, 0.15) is 18.1 Å². The molecule has 1 heterocycles. The Kier molecular flexibility index (Phi) is 6.49. The molecule has 0 bridgehead atoms. The summed E-state index contributed by atoms with van der Waals surface area (Å²) in [5.41, 5.74) is 1.70. The van der Waals surface area contributed by atoms with Crippen LogP contribution in [-0.2, 0) is 13.2 Å². The molecule has 27 heavy (non-hydrogen) atoms. The van der Waals surface area contributed by atoms with Crippen molar-refractivity contribution < 1.29 is 14.3 Å². The molecule has 3 aromatic rings. The number of carbonyl (C=O) groups excluding carboxylic acids is 1. The van der Waals surface area contributed by atoms with E-state index in [1.54, 1.807) is 18.4 Å². The number of carbonyl (C=O) groups is 1. The maximum atomic E-state index is 12.9. The van der Waals surface area contributed by atoms with Crippen molar-refractivity contribution in [3.8, 4) is 11.5 Å². The van der Waals surface area contributed by atoms with Gasteiger partial charge in [0.15, 0.2) is 0 Å². The zero-order chi connectivity index (χ0) is 19.1. The summed E-state index contributed by atoms with van der Waals surface area (Å²) in [6.45, 7) is 3.68. The van der Waals surface area contributed by atoms with Crippen LogP contribution in [0.5, 0.6) is 11.5 Å². The van der Waals surface area contributed by atoms with Crippen molar-refractivity contribution in [2.24, 2.45) is 0 Å². The molecule has 0 fully saturated rings. The zero-order valence-electron chi connectivity index (χ0n) is 15.6. The number of benzene rings is 2. The van der Waals surface area contributed by atoms with Crippen LogP contribution in [0.4, 0.5) is 0 Å². The van der Waals surface area contributed by atoms with Crippen LogP contribution in [0.1, 0.15) is 27.7 Å². The molecule has 1 amide bonds. The Labute approximate surface area is 164 Å². The van der Waals surface area contributed by atoms with Gasteiger partial charge >= 0.3 is 0 Å². The van der Waals surface area contributed by atoms with Crippen molar-refractivity contribution in [2.75, 3.05) is 13.7 Å². The van der Waals surface area contributed by atoms with Crippen molar-refractivity contribution in [1.82, 2.24) is 4.90 Å². The average Bonchev–Trinajstić information content (AvgIpc) is 3.24. The number of ether oxygens (including phenoxy) is 2. The van der Waals surface area contributed by atoms with Crippen LogP contribution in [0.2, 0.25) is 0 Å². The lowest BCUT2D eigenvalue weighted by molar-refractivity contribution is 0.0752. The first-order valence-corrected chi connectivity index (χ1v) is 9.75. The first-order chi connectivity index (χ1) is 13.2. The fraction of sp³-hybridized carbons (Fsp3) is 0.227. The van der Waals surface area contributed by atoms with E-state index < -0.39 is 0 Å². The lowest BCUT2D eigenvalue weighted by Crippen LogP contribution is -2.30. The highest BCUT2D eigenvalue weighted by Gasteiger charge is 2.15. The Balaban J connectivity index is 1.67. The van der Waals surface area contributed by atoms with Gasteiger partial charge < -0.3 is 14.4 Å². The molecule has 5 heteroatoms. The molecule has 0 unspecified atom stereocenters. The summed E-state index contributed by atoms with van der Waals surface area (Å²) in [7, 11) is 1.64. The number of methoxy groups -OCH3 is 1. The van der Waals surface area contributed by atoms with Gasteiger partial charge in [-0.3, -0.25) is 4.79 Å². The van der Waals surface area contributed by atoms with Gasteiger partial charge in [0, 0.05) is 23.5 Å². The lowest BCUT2D eigenvalue weighted by atomic mass is 10.1. The number of hydrogen-bond acceptors (Lipinski definition) is 4. The van der Waals surface area contributed by atoms with E-state index in [9.17, 15) is 4.79 Å². The summed E-state index contributed by atoms with van der Waals surface area (Å²) in [5, 5.41) is 2.02. The number of hydrogen-bond donors (Lipinski definition) is 0. The number of thiophene rings is 1. The van der Waals surface area contributed by atoms with Crippen LogP contribution >= 0.6 is 11.3 Å². The molecule has 4 nitrogen and oxygen atoms in total. The number of amides is 1. The molecule has 140 valence electrons. The standard InChI is InChI=1S/C22H23NO3S/c1-3-23(15-17-9-11-19(25-2)12-10-17)22(24)18-6-4-7-20(14-18)26-16-21-8-5-13-27-21/h4-14H,3,15-16H2,1-2H3. The summed E-state index contributed by atoms with van der Waals surface area (Å²) < 4.78 is 11.0. The molecule has 0 atom stereocenters. The summed E-state index contributed by atoms with van der Waals surface area (Å²) >= 11 is 1.66. The van der Waals surface area contributed by atoms with Gasteiger partial charge in [-0.25, -0.2) is 0 Å². The van der Waals surface area contributed by atoms with Gasteiger partial charge in [-0.2, -0.15) is 0 Å². The van der Waals surface area contributed by atoms with Crippen LogP contribution in [-0.4, -0.2) is 24.5 Å². The summed E-state index contributed by atoms with van der Waals surface area (Å²) in [6.07, 6.45) is 0. The topological polar surface area (TPSA) is 38.8 Å². The smallest absolute Gasteiger partial charge is 0.254 e. The molecular weight excluding hydrogens is 358 g/mol. The van der Waals surface area contributed by atoms with Gasteiger partial charge in [-0.15, -0.1) is 11.3 Å². The third-order valence-electron chi connectivity index (χ3n) is 4.24. The highest BCUT2D eigenvalue weighted by molar-refractivity contribution is 7.09. The van der Waals surface area contributed by atoms with Crippen LogP contribution in [0.15, 0.2) is 66.0 Å². The first kappa shape index (κ1) is 19.0. The maximum Gasteiger partial charge on any atom is 0.254 e. The Morgan fingerprint density at radius 2 is 1.85 bits per heavy atom. The van der Waals surface area contributed by atoms with Gasteiger partial charge in [-0.1, -0.05) is 24.3 Å². The quantitative estimate of drug-likeness (QED) is 0.551. The van der Waals surface area contributed by atoms with E-state index in [0.29, 0.717) is 31.0 Å². The number of nitrogens with zero attached hydrogens (tertiary/aromatic N) is 1. The van der Waals surface area contributed by atoms with Gasteiger partial charge in [0.05, 0.1) is 7.11 Å². The van der Waals surface area contributed by atoms with Crippen LogP contribution in [0.25, 0.3) is 0 Å². The summed E-state index contributed by atoms with van der Waals surface area (Å²) in [6, 6.07) is 19.2. The maximum absolute atomic E-state index is 12.9. The van der Waals surface area contributed by atoms with E-state index in [-0.39, 0.29) is 5.91 Å². The van der Waals surface area contributed by atoms with Crippen molar-refractivity contribution >= 4 is 17.2 Å². The second-order valence-corrected chi connectivity index (χ2v) is 7.10. The van der Waals surface area contributed by atoms with E-state index in [1.165, 1.54) is 0 Å². The summed E-state index contributed by atoms with van der Waals surface area (Å²) in [4.78, 5) is 15.9. The largest absolute Gasteiger partial charge is 0.497 e. The molecule has 0 aliphatic heterocycles. The van der Waals surface area contributed by atoms with Gasteiger partial charge in [0.2, 0.25) is 0 Å². The summed E-state index contributed by atoms with van der Waals surface area (Å²) in [5.74, 6) is 1.51. The predicted molar refractivity (Wildman–Crippen MR) is 109 cm³/mol. The molecule has 0 saturated heterocycles. The van der Waals surface area contributed by atoms with Crippen molar-refractivity contribution in [2.45, 2.75) is 20.1 Å². The average molecular weight is 381 g/mol. The van der Waals surface area contributed by atoms with E-state index in [4.69, 9.17) is 9.47 Å². The monoisotopic (exact) mass is 381 g/mol. The lowest BCUT2D eigenvalue weighted by Gasteiger charge is -2.21. The third-order valence-corrected chi connectivity index (χ3v) is 5.09. The van der Waals surface area contributed by atoms with Crippen molar-refractivity contribution in [1.29, 1.82) is 0 Å². The minimum atomic E-state index is -0.00473. The van der Waals surface area contributed by atoms with Crippen molar-refractivity contribution in [3.63, 3.8) is 0 Å². The Bertz CT molecular complexity index is 860. The molecule has 2 aromatic carbocycles. The minimum Gasteiger partial charge on any atom is -0.497 e. The van der Waals surface area contributed by atoms with E-state index in [0.717, 1.165) is 16.2 Å². The third kappa shape index (κ3) is 5.11. The second kappa shape index (κ2) is 9.24. The predicted octanol–water partition coefficient (Wildman–Crippen LogP) is 5.00. The van der Waals surface area contributed by atoms with E-state index >= 15 is 0 Å². The van der Waals surface area contributed by atoms with Crippen LogP contribution in [0, 0.1) is 0 Å². The minimum absolute atomic E-state index is 0.00473. The highest BCUT2D eigenvalue weighted by atomic mass is 32.1. The van der Waals surface area contributed by atoms with E-state index in [1.807, 2.05) is 77.9 Å². The fourth-order valence-corrected chi connectivity index (χ4v) is 3.35. The molecule has 0 aliphatic rings. The second-order valence-electron chi connectivity index (χ2n) is 6.06.